The Morgan fingerprint density at radius 2 is 1.72 bits per heavy atom. The van der Waals surface area contributed by atoms with Gasteiger partial charge >= 0.3 is 6.09 Å². The van der Waals surface area contributed by atoms with E-state index in [0.29, 0.717) is 6.42 Å². The van der Waals surface area contributed by atoms with Crippen LogP contribution in [-0.2, 0) is 28.9 Å². The Balaban J connectivity index is 0.000000784. The average molecular weight is 539 g/mol. The predicted molar refractivity (Wildman–Crippen MR) is 158 cm³/mol. The summed E-state index contributed by atoms with van der Waals surface area (Å²) in [6, 6.07) is 3.86. The monoisotopic (exact) mass is 538 g/mol. The molecule has 0 saturated heterocycles. The fourth-order valence-electron chi connectivity index (χ4n) is 3.53. The highest BCUT2D eigenvalue weighted by atomic mass is 31.0. The van der Waals surface area contributed by atoms with Crippen LogP contribution < -0.4 is 15.9 Å². The Bertz CT molecular complexity index is 969. The third-order valence-corrected chi connectivity index (χ3v) is 6.15. The normalized spacial score (nSPS) is 11.4. The van der Waals surface area contributed by atoms with Gasteiger partial charge < -0.3 is 14.6 Å². The number of hydrogen-bond acceptors (Lipinski definition) is 5. The molecule has 0 fully saturated rings. The molecule has 0 aliphatic rings. The Labute approximate surface area is 223 Å². The van der Waals surface area contributed by atoms with Crippen molar-refractivity contribution < 1.29 is 14.3 Å². The molecular weight excluding hydrogens is 490 g/mol. The number of amides is 1. The number of hydrogen-bond donors (Lipinski definition) is 1. The standard InChI is InChI=1S/C17H27NO3P2.C8H15N3.C2H6/c1-10-6-14(22)9-12(15(10)23)8-13(7-11(2)19)18-16(20)21-17(3,4)5;1-4-6-11-7(3)9-10-8(11)5-2;1-2/h6,9,13H,7-8,22-23H2,1-5H3,(H,18,20);4-6H2,1-3H3;1-2H3. The molecule has 36 heavy (non-hydrogen) atoms. The van der Waals surface area contributed by atoms with Crippen molar-refractivity contribution in [1.82, 2.24) is 20.1 Å². The summed E-state index contributed by atoms with van der Waals surface area (Å²) >= 11 is 0. The number of benzene rings is 1. The van der Waals surface area contributed by atoms with Crippen LogP contribution in [0, 0.1) is 13.8 Å². The molecule has 2 aromatic rings. The summed E-state index contributed by atoms with van der Waals surface area (Å²) < 4.78 is 7.48. The summed E-state index contributed by atoms with van der Waals surface area (Å²) in [5.74, 6) is 2.17. The predicted octanol–water partition coefficient (Wildman–Crippen LogP) is 5.00. The van der Waals surface area contributed by atoms with Crippen LogP contribution in [0.3, 0.4) is 0 Å². The maximum absolute atomic E-state index is 12.0. The second-order valence-electron chi connectivity index (χ2n) is 9.53. The first kappa shape index (κ1) is 34.2. The zero-order valence-electron chi connectivity index (χ0n) is 24.0. The first-order chi connectivity index (χ1) is 16.8. The molecule has 7 nitrogen and oxygen atoms in total. The number of alkyl carbamates (subject to hydrolysis) is 1. The van der Waals surface area contributed by atoms with Crippen molar-refractivity contribution in [2.24, 2.45) is 0 Å². The number of rotatable bonds is 8. The molecular formula is C27H48N4O3P2. The minimum atomic E-state index is -0.562. The number of carbonyl (C=O) groups excluding carboxylic acids is 2. The molecule has 0 aliphatic heterocycles. The van der Waals surface area contributed by atoms with Crippen molar-refractivity contribution in [2.45, 2.75) is 113 Å². The zero-order valence-corrected chi connectivity index (χ0v) is 26.3. The van der Waals surface area contributed by atoms with Crippen LogP contribution in [0.4, 0.5) is 4.79 Å². The molecule has 0 saturated carbocycles. The van der Waals surface area contributed by atoms with Crippen molar-refractivity contribution >= 4 is 41.0 Å². The first-order valence-corrected chi connectivity index (χ1v) is 13.9. The van der Waals surface area contributed by atoms with Crippen molar-refractivity contribution in [3.63, 3.8) is 0 Å². The lowest BCUT2D eigenvalue weighted by Gasteiger charge is -2.24. The van der Waals surface area contributed by atoms with Crippen LogP contribution in [0.15, 0.2) is 12.1 Å². The van der Waals surface area contributed by atoms with Crippen LogP contribution >= 0.6 is 18.5 Å². The van der Waals surface area contributed by atoms with Gasteiger partial charge in [0.2, 0.25) is 0 Å². The fraction of sp³-hybridized carbons (Fsp3) is 0.630. The van der Waals surface area contributed by atoms with Crippen LogP contribution in [0.1, 0.15) is 91.0 Å². The molecule has 2 rings (SSSR count). The van der Waals surface area contributed by atoms with Crippen molar-refractivity contribution in [3.05, 3.63) is 34.9 Å². The van der Waals surface area contributed by atoms with Gasteiger partial charge in [0.25, 0.3) is 0 Å². The van der Waals surface area contributed by atoms with Gasteiger partial charge in [-0.25, -0.2) is 4.79 Å². The molecule has 3 unspecified atom stereocenters. The van der Waals surface area contributed by atoms with Crippen molar-refractivity contribution in [3.8, 4) is 0 Å². The molecule has 0 radical (unpaired) electrons. The molecule has 1 aromatic heterocycles. The number of carbonyl (C=O) groups is 2. The zero-order chi connectivity index (χ0) is 28.1. The largest absolute Gasteiger partial charge is 0.444 e. The number of ketones is 1. The minimum absolute atomic E-state index is 0.0371. The molecule has 3 atom stereocenters. The van der Waals surface area contributed by atoms with E-state index in [1.165, 1.54) is 6.92 Å². The first-order valence-electron chi connectivity index (χ1n) is 12.8. The summed E-state index contributed by atoms with van der Waals surface area (Å²) in [6.45, 7) is 20.3. The summed E-state index contributed by atoms with van der Waals surface area (Å²) in [4.78, 5) is 23.5. The van der Waals surface area contributed by atoms with E-state index in [4.69, 9.17) is 4.74 Å². The van der Waals surface area contributed by atoms with E-state index in [0.717, 1.165) is 52.8 Å². The quantitative estimate of drug-likeness (QED) is 0.479. The summed E-state index contributed by atoms with van der Waals surface area (Å²) in [5.41, 5.74) is 1.70. The van der Waals surface area contributed by atoms with Crippen LogP contribution in [0.5, 0.6) is 0 Å². The van der Waals surface area contributed by atoms with Gasteiger partial charge in [-0.1, -0.05) is 39.8 Å². The number of nitrogens with zero attached hydrogens (tertiary/aromatic N) is 3. The van der Waals surface area contributed by atoms with Crippen molar-refractivity contribution in [2.75, 3.05) is 0 Å². The SMILES string of the molecule is CC.CC(=O)CC(Cc1cc(P)cc(C)c1P)NC(=O)OC(C)(C)C.CCCn1c(C)nnc1CC. The van der Waals surface area contributed by atoms with Gasteiger partial charge in [0, 0.05) is 25.4 Å². The van der Waals surface area contributed by atoms with Gasteiger partial charge in [0.1, 0.15) is 23.0 Å². The Morgan fingerprint density at radius 1 is 1.11 bits per heavy atom. The summed E-state index contributed by atoms with van der Waals surface area (Å²) in [6.07, 6.45) is 2.49. The number of nitrogens with one attached hydrogen (secondary N) is 1. The Morgan fingerprint density at radius 3 is 2.22 bits per heavy atom. The van der Waals surface area contributed by atoms with E-state index < -0.39 is 11.7 Å². The smallest absolute Gasteiger partial charge is 0.407 e. The second-order valence-corrected chi connectivity index (χ2v) is 10.8. The number of aromatic nitrogens is 3. The van der Waals surface area contributed by atoms with Crippen LogP contribution in [0.25, 0.3) is 0 Å². The van der Waals surface area contributed by atoms with Gasteiger partial charge in [-0.2, -0.15) is 0 Å². The molecule has 0 aliphatic carbocycles. The lowest BCUT2D eigenvalue weighted by molar-refractivity contribution is -0.117. The third kappa shape index (κ3) is 12.9. The highest BCUT2D eigenvalue weighted by molar-refractivity contribution is 7.28. The minimum Gasteiger partial charge on any atom is -0.444 e. The molecule has 1 aromatic carbocycles. The fourth-order valence-corrected chi connectivity index (χ4v) is 4.27. The lowest BCUT2D eigenvalue weighted by Crippen LogP contribution is -2.41. The molecule has 9 heteroatoms. The maximum atomic E-state index is 12.0. The Hall–Kier alpha value is -1.84. The highest BCUT2D eigenvalue weighted by Gasteiger charge is 2.21. The van der Waals surface area contributed by atoms with Crippen LogP contribution in [0.2, 0.25) is 0 Å². The number of Topliss-reactive ketones (excluding diaryl/α,β-unsaturated/α-hetero) is 1. The lowest BCUT2D eigenvalue weighted by atomic mass is 10.00. The van der Waals surface area contributed by atoms with Gasteiger partial charge in [-0.3, -0.25) is 4.79 Å². The summed E-state index contributed by atoms with van der Waals surface area (Å²) in [7, 11) is 5.43. The van der Waals surface area contributed by atoms with E-state index in [9.17, 15) is 9.59 Å². The van der Waals surface area contributed by atoms with E-state index in [-0.39, 0.29) is 18.2 Å². The van der Waals surface area contributed by atoms with Gasteiger partial charge in [0.15, 0.2) is 0 Å². The molecule has 204 valence electrons. The summed E-state index contributed by atoms with van der Waals surface area (Å²) in [5, 5.41) is 13.1. The Kier molecular flexibility index (Phi) is 16.0. The van der Waals surface area contributed by atoms with Crippen LogP contribution in [-0.4, -0.2) is 38.3 Å². The molecule has 0 bridgehead atoms. The molecule has 1 amide bonds. The van der Waals surface area contributed by atoms with E-state index in [2.05, 4.69) is 64.5 Å². The topological polar surface area (TPSA) is 86.1 Å². The molecule has 0 spiro atoms. The maximum Gasteiger partial charge on any atom is 0.407 e. The van der Waals surface area contributed by atoms with Gasteiger partial charge in [-0.05, 0) is 76.1 Å². The van der Waals surface area contributed by atoms with E-state index >= 15 is 0 Å². The van der Waals surface area contributed by atoms with E-state index in [1.54, 1.807) is 0 Å². The molecule has 1 heterocycles. The van der Waals surface area contributed by atoms with E-state index in [1.807, 2.05) is 48.5 Å². The highest BCUT2D eigenvalue weighted by Crippen LogP contribution is 2.13. The van der Waals surface area contributed by atoms with Crippen molar-refractivity contribution in [1.29, 1.82) is 0 Å². The third-order valence-electron chi connectivity index (χ3n) is 4.99. The van der Waals surface area contributed by atoms with Gasteiger partial charge in [0.05, 0.1) is 0 Å². The number of aryl methyl sites for hydroxylation is 3. The van der Waals surface area contributed by atoms with Gasteiger partial charge in [-0.15, -0.1) is 28.7 Å². The molecule has 1 N–H and O–H groups in total. The number of ether oxygens (including phenoxy) is 1. The average Bonchev–Trinajstić information content (AvgIpc) is 3.11. The second kappa shape index (κ2) is 16.8.